The van der Waals surface area contributed by atoms with Crippen molar-refractivity contribution in [2.24, 2.45) is 0 Å². The van der Waals surface area contributed by atoms with Gasteiger partial charge in [-0.25, -0.2) is 4.39 Å². The van der Waals surface area contributed by atoms with Crippen LogP contribution in [0.25, 0.3) is 17.0 Å². The van der Waals surface area contributed by atoms with Crippen molar-refractivity contribution in [1.29, 1.82) is 5.26 Å². The molecule has 0 amide bonds. The van der Waals surface area contributed by atoms with Gasteiger partial charge in [-0.15, -0.1) is 0 Å². The van der Waals surface area contributed by atoms with Crippen LogP contribution in [0, 0.1) is 17.1 Å². The van der Waals surface area contributed by atoms with E-state index in [-0.39, 0.29) is 16.9 Å². The third-order valence-electron chi connectivity index (χ3n) is 3.77. The van der Waals surface area contributed by atoms with Crippen LogP contribution >= 0.6 is 0 Å². The first-order valence-corrected chi connectivity index (χ1v) is 7.33. The van der Waals surface area contributed by atoms with E-state index in [1.807, 2.05) is 6.07 Å². The van der Waals surface area contributed by atoms with Crippen LogP contribution < -0.4 is 4.74 Å². The van der Waals surface area contributed by atoms with Crippen LogP contribution in [0.5, 0.6) is 11.5 Å². The van der Waals surface area contributed by atoms with Gasteiger partial charge in [-0.2, -0.15) is 5.26 Å². The Morgan fingerprint density at radius 1 is 1.32 bits per heavy atom. The lowest BCUT2D eigenvalue weighted by Crippen LogP contribution is -2.01. The Morgan fingerprint density at radius 3 is 2.80 bits per heavy atom. The van der Waals surface area contributed by atoms with Gasteiger partial charge in [-0.05, 0) is 42.0 Å². The molecule has 1 heterocycles. The predicted octanol–water partition coefficient (Wildman–Crippen LogP) is 3.81. The van der Waals surface area contributed by atoms with Gasteiger partial charge in [-0.1, -0.05) is 6.07 Å². The predicted molar refractivity (Wildman–Crippen MR) is 90.8 cm³/mol. The Hall–Kier alpha value is -3.59. The molecule has 1 aromatic heterocycles. The molecule has 3 rings (SSSR count). The van der Waals surface area contributed by atoms with Crippen LogP contribution in [0.2, 0.25) is 0 Å². The first kappa shape index (κ1) is 16.3. The second kappa shape index (κ2) is 6.49. The van der Waals surface area contributed by atoms with Gasteiger partial charge in [0, 0.05) is 22.7 Å². The Bertz CT molecular complexity index is 1040. The van der Waals surface area contributed by atoms with Crippen LogP contribution in [0.3, 0.4) is 0 Å². The van der Waals surface area contributed by atoms with Gasteiger partial charge in [-0.3, -0.25) is 4.79 Å². The lowest BCUT2D eigenvalue weighted by atomic mass is 10.0. The van der Waals surface area contributed by atoms with Crippen molar-refractivity contribution in [3.63, 3.8) is 0 Å². The van der Waals surface area contributed by atoms with E-state index < -0.39 is 11.6 Å². The van der Waals surface area contributed by atoms with E-state index in [4.69, 9.17) is 4.74 Å². The summed E-state index contributed by atoms with van der Waals surface area (Å²) in [6.45, 7) is 0. The Labute approximate surface area is 142 Å². The number of fused-ring (bicyclic) bond motifs is 1. The summed E-state index contributed by atoms with van der Waals surface area (Å²) >= 11 is 0. The molecule has 0 saturated heterocycles. The molecular weight excluding hydrogens is 323 g/mol. The molecule has 0 fully saturated rings. The molecule has 124 valence electrons. The van der Waals surface area contributed by atoms with Crippen LogP contribution in [-0.2, 0) is 0 Å². The van der Waals surface area contributed by atoms with Gasteiger partial charge >= 0.3 is 0 Å². The summed E-state index contributed by atoms with van der Waals surface area (Å²) in [7, 11) is 1.43. The molecule has 25 heavy (non-hydrogen) atoms. The average molecular weight is 336 g/mol. The minimum atomic E-state index is -0.490. The number of aromatic nitrogens is 1. The average Bonchev–Trinajstić information content (AvgIpc) is 3.02. The highest BCUT2D eigenvalue weighted by molar-refractivity contribution is 6.19. The topological polar surface area (TPSA) is 86.1 Å². The number of aromatic amines is 1. The number of carbonyl (C=O) groups excluding carboxylic acids is 1. The van der Waals surface area contributed by atoms with Gasteiger partial charge in [0.25, 0.3) is 0 Å². The maximum absolute atomic E-state index is 13.3. The summed E-state index contributed by atoms with van der Waals surface area (Å²) in [5.41, 5.74) is 1.13. The summed E-state index contributed by atoms with van der Waals surface area (Å²) < 4.78 is 18.2. The number of H-pyrrole nitrogens is 1. The maximum Gasteiger partial charge on any atom is 0.205 e. The number of phenols is 1. The summed E-state index contributed by atoms with van der Waals surface area (Å²) in [5, 5.41) is 19.7. The zero-order valence-electron chi connectivity index (χ0n) is 13.2. The monoisotopic (exact) mass is 336 g/mol. The number of nitrogens with one attached hydrogen (secondary N) is 1. The number of hydrogen-bond donors (Lipinski definition) is 2. The third-order valence-corrected chi connectivity index (χ3v) is 3.77. The van der Waals surface area contributed by atoms with E-state index in [1.54, 1.807) is 6.07 Å². The standard InChI is InChI=1S/C19H13FN2O3/c1-25-18-5-2-11(7-17(18)23)6-12(9-21)19(24)15-10-22-16-8-13(20)3-4-14(15)16/h2-8,10,22-23H,1H3/b12-6-. The minimum Gasteiger partial charge on any atom is -0.504 e. The Kier molecular flexibility index (Phi) is 4.23. The smallest absolute Gasteiger partial charge is 0.205 e. The van der Waals surface area contributed by atoms with Crippen molar-refractivity contribution in [1.82, 2.24) is 4.98 Å². The lowest BCUT2D eigenvalue weighted by molar-refractivity contribution is 0.104. The zero-order valence-corrected chi connectivity index (χ0v) is 13.2. The third kappa shape index (κ3) is 3.08. The molecule has 0 radical (unpaired) electrons. The highest BCUT2D eigenvalue weighted by Gasteiger charge is 2.17. The number of halogens is 1. The zero-order chi connectivity index (χ0) is 18.0. The fraction of sp³-hybridized carbons (Fsp3) is 0.0526. The number of Topliss-reactive ketones (excluding diaryl/α,β-unsaturated/α-hetero) is 1. The number of ether oxygens (including phenoxy) is 1. The number of nitriles is 1. The highest BCUT2D eigenvalue weighted by Crippen LogP contribution is 2.28. The number of nitrogens with zero attached hydrogens (tertiary/aromatic N) is 1. The molecular formula is C19H13FN2O3. The summed E-state index contributed by atoms with van der Waals surface area (Å²) in [6.07, 6.45) is 2.83. The number of aromatic hydroxyl groups is 1. The van der Waals surface area contributed by atoms with Crippen LogP contribution in [0.15, 0.2) is 48.2 Å². The van der Waals surface area contributed by atoms with Crippen molar-refractivity contribution in [3.8, 4) is 17.6 Å². The molecule has 0 aliphatic heterocycles. The number of ketones is 1. The second-order valence-corrected chi connectivity index (χ2v) is 5.32. The van der Waals surface area contributed by atoms with Crippen molar-refractivity contribution in [3.05, 3.63) is 65.1 Å². The number of allylic oxidation sites excluding steroid dienone is 1. The minimum absolute atomic E-state index is 0.0939. The molecule has 0 atom stereocenters. The Morgan fingerprint density at radius 2 is 2.12 bits per heavy atom. The summed E-state index contributed by atoms with van der Waals surface area (Å²) in [4.78, 5) is 15.5. The number of phenolic OH excluding ortho intramolecular Hbond substituents is 1. The van der Waals surface area contributed by atoms with Crippen LogP contribution in [-0.4, -0.2) is 23.0 Å². The highest BCUT2D eigenvalue weighted by atomic mass is 19.1. The number of carbonyl (C=O) groups is 1. The van der Waals surface area contributed by atoms with Crippen molar-refractivity contribution in [2.75, 3.05) is 7.11 Å². The van der Waals surface area contributed by atoms with E-state index in [2.05, 4.69) is 4.98 Å². The molecule has 0 aliphatic carbocycles. The largest absolute Gasteiger partial charge is 0.504 e. The number of rotatable bonds is 4. The molecule has 0 bridgehead atoms. The summed E-state index contributed by atoms with van der Waals surface area (Å²) in [5.74, 6) is -0.710. The Balaban J connectivity index is 2.01. The van der Waals surface area contributed by atoms with E-state index in [0.717, 1.165) is 0 Å². The molecule has 0 aliphatic rings. The molecule has 0 spiro atoms. The SMILES string of the molecule is COc1ccc(/C=C(/C#N)C(=O)c2c[nH]c3cc(F)ccc23)cc1O. The normalized spacial score (nSPS) is 11.3. The molecule has 0 unspecified atom stereocenters. The van der Waals surface area contributed by atoms with Crippen LogP contribution in [0.1, 0.15) is 15.9 Å². The molecule has 6 heteroatoms. The molecule has 3 aromatic rings. The van der Waals surface area contributed by atoms with Gasteiger partial charge < -0.3 is 14.8 Å². The number of methoxy groups -OCH3 is 1. The maximum atomic E-state index is 13.3. The van der Waals surface area contributed by atoms with Crippen molar-refractivity contribution < 1.29 is 19.0 Å². The fourth-order valence-corrected chi connectivity index (χ4v) is 2.54. The van der Waals surface area contributed by atoms with E-state index in [9.17, 15) is 19.6 Å². The van der Waals surface area contributed by atoms with Crippen LogP contribution in [0.4, 0.5) is 4.39 Å². The van der Waals surface area contributed by atoms with Gasteiger partial charge in [0.05, 0.1) is 7.11 Å². The lowest BCUT2D eigenvalue weighted by Gasteiger charge is -2.04. The van der Waals surface area contributed by atoms with Crippen molar-refractivity contribution >= 4 is 22.8 Å². The van der Waals surface area contributed by atoms with Crippen molar-refractivity contribution in [2.45, 2.75) is 0 Å². The van der Waals surface area contributed by atoms with E-state index in [0.29, 0.717) is 22.2 Å². The van der Waals surface area contributed by atoms with Gasteiger partial charge in [0.15, 0.2) is 11.5 Å². The molecule has 5 nitrogen and oxygen atoms in total. The first-order valence-electron chi connectivity index (χ1n) is 7.33. The molecule has 0 saturated carbocycles. The van der Waals surface area contributed by atoms with E-state index >= 15 is 0 Å². The molecule has 2 aromatic carbocycles. The number of hydrogen-bond acceptors (Lipinski definition) is 4. The van der Waals surface area contributed by atoms with Gasteiger partial charge in [0.2, 0.25) is 5.78 Å². The second-order valence-electron chi connectivity index (χ2n) is 5.32. The number of benzene rings is 2. The fourth-order valence-electron chi connectivity index (χ4n) is 2.54. The molecule has 2 N–H and O–H groups in total. The first-order chi connectivity index (χ1) is 12.0. The van der Waals surface area contributed by atoms with Gasteiger partial charge in [0.1, 0.15) is 17.5 Å². The van der Waals surface area contributed by atoms with E-state index in [1.165, 1.54) is 49.7 Å². The quantitative estimate of drug-likeness (QED) is 0.431. The summed E-state index contributed by atoms with van der Waals surface area (Å²) in [6, 6.07) is 10.4.